The van der Waals surface area contributed by atoms with E-state index in [1.807, 2.05) is 79.0 Å². The molecule has 0 bridgehead atoms. The second kappa shape index (κ2) is 8.63. The Morgan fingerprint density at radius 1 is 0.875 bits per heavy atom. The highest BCUT2D eigenvalue weighted by Crippen LogP contribution is 2.28. The Labute approximate surface area is 187 Å². The number of nitrogens with zero attached hydrogens (tertiary/aromatic N) is 3. The van der Waals surface area contributed by atoms with Crippen LogP contribution >= 0.6 is 0 Å². The van der Waals surface area contributed by atoms with E-state index >= 15 is 0 Å². The summed E-state index contributed by atoms with van der Waals surface area (Å²) < 4.78 is 5.24. The molecule has 5 nitrogen and oxygen atoms in total. The molecule has 3 aromatic carbocycles. The molecule has 0 saturated carbocycles. The van der Waals surface area contributed by atoms with Crippen LogP contribution in [0.3, 0.4) is 0 Å². The Bertz CT molecular complexity index is 1210. The highest BCUT2D eigenvalue weighted by Gasteiger charge is 2.38. The van der Waals surface area contributed by atoms with Crippen molar-refractivity contribution in [3.8, 4) is 5.75 Å². The van der Waals surface area contributed by atoms with Crippen LogP contribution in [0.1, 0.15) is 16.7 Å². The number of fused-ring (bicyclic) bond motifs is 1. The topological polar surface area (TPSA) is 54.3 Å². The van der Waals surface area contributed by atoms with E-state index in [9.17, 15) is 4.79 Å². The second-order valence-corrected chi connectivity index (χ2v) is 7.83. The van der Waals surface area contributed by atoms with Crippen molar-refractivity contribution in [2.75, 3.05) is 7.11 Å². The average Bonchev–Trinajstić information content (AvgIpc) is 3.16. The van der Waals surface area contributed by atoms with Gasteiger partial charge in [-0.3, -0.25) is 14.7 Å². The minimum atomic E-state index is -0.467. The largest absolute Gasteiger partial charge is 0.497 e. The first-order valence-electron chi connectivity index (χ1n) is 10.6. The fourth-order valence-electron chi connectivity index (χ4n) is 3.99. The van der Waals surface area contributed by atoms with E-state index in [-0.39, 0.29) is 5.91 Å². The van der Waals surface area contributed by atoms with Gasteiger partial charge in [-0.15, -0.1) is 0 Å². The van der Waals surface area contributed by atoms with Gasteiger partial charge in [0.15, 0.2) is 5.84 Å². The Kier molecular flexibility index (Phi) is 5.38. The van der Waals surface area contributed by atoms with Gasteiger partial charge in [0.05, 0.1) is 18.5 Å². The quantitative estimate of drug-likeness (QED) is 0.587. The molecule has 2 aliphatic heterocycles. The van der Waals surface area contributed by atoms with Crippen molar-refractivity contribution in [1.82, 2.24) is 4.90 Å². The van der Waals surface area contributed by atoms with Gasteiger partial charge in [-0.25, -0.2) is 4.99 Å². The maximum absolute atomic E-state index is 13.3. The number of amidine groups is 1. The van der Waals surface area contributed by atoms with Crippen LogP contribution in [0.25, 0.3) is 5.70 Å². The van der Waals surface area contributed by atoms with Gasteiger partial charge in [0.2, 0.25) is 0 Å². The number of hydrogen-bond donors (Lipinski definition) is 0. The summed E-state index contributed by atoms with van der Waals surface area (Å²) in [6.07, 6.45) is 2.97. The highest BCUT2D eigenvalue weighted by atomic mass is 16.5. The van der Waals surface area contributed by atoms with E-state index < -0.39 is 6.04 Å². The molecule has 0 fully saturated rings. The predicted octanol–water partition coefficient (Wildman–Crippen LogP) is 4.54. The summed E-state index contributed by atoms with van der Waals surface area (Å²) in [6.45, 7) is 0. The van der Waals surface area contributed by atoms with Gasteiger partial charge in [0, 0.05) is 24.6 Å². The summed E-state index contributed by atoms with van der Waals surface area (Å²) >= 11 is 0. The van der Waals surface area contributed by atoms with Crippen molar-refractivity contribution >= 4 is 23.2 Å². The third-order valence-electron chi connectivity index (χ3n) is 5.67. The van der Waals surface area contributed by atoms with Gasteiger partial charge in [0.25, 0.3) is 5.91 Å². The predicted molar refractivity (Wildman–Crippen MR) is 127 cm³/mol. The number of hydrogen-bond acceptors (Lipinski definition) is 4. The van der Waals surface area contributed by atoms with Crippen LogP contribution in [-0.4, -0.2) is 35.5 Å². The van der Waals surface area contributed by atoms with Crippen LogP contribution in [0.2, 0.25) is 0 Å². The van der Waals surface area contributed by atoms with Gasteiger partial charge >= 0.3 is 0 Å². The first-order chi connectivity index (χ1) is 15.7. The monoisotopic (exact) mass is 421 g/mol. The average molecular weight is 422 g/mol. The van der Waals surface area contributed by atoms with E-state index in [0.717, 1.165) is 33.8 Å². The molecule has 0 spiro atoms. The first kappa shape index (κ1) is 19.9. The lowest BCUT2D eigenvalue weighted by Gasteiger charge is -2.22. The van der Waals surface area contributed by atoms with E-state index in [2.05, 4.69) is 12.1 Å². The first-order valence-corrected chi connectivity index (χ1v) is 10.6. The Morgan fingerprint density at radius 3 is 2.25 bits per heavy atom. The number of amides is 1. The molecule has 5 heteroatoms. The molecule has 1 atom stereocenters. The fourth-order valence-corrected chi connectivity index (χ4v) is 3.99. The number of methoxy groups -OCH3 is 1. The molecule has 3 aromatic rings. The van der Waals surface area contributed by atoms with Crippen LogP contribution in [0.5, 0.6) is 5.75 Å². The molecule has 1 unspecified atom stereocenters. The van der Waals surface area contributed by atoms with Gasteiger partial charge in [0.1, 0.15) is 11.8 Å². The maximum atomic E-state index is 13.3. The number of aliphatic imine (C=N–C) groups is 2. The van der Waals surface area contributed by atoms with Crippen molar-refractivity contribution < 1.29 is 9.53 Å². The van der Waals surface area contributed by atoms with Crippen molar-refractivity contribution in [2.24, 2.45) is 9.98 Å². The SMILES string of the molecule is COc1ccc(CC2N=C3C(Cc4ccccc4)=NC(c4ccccc4)=CN3C2=O)cc1. The standard InChI is InChI=1S/C27H23N3O2/c1-32-22-14-12-20(13-15-22)17-24-27(31)30-18-25(21-10-6-3-7-11-21)28-23(26(30)29-24)16-19-8-4-2-5-9-19/h2-15,18,24H,16-17H2,1H3. The molecule has 0 aliphatic carbocycles. The van der Waals surface area contributed by atoms with Crippen LogP contribution in [0.15, 0.2) is 101 Å². The summed E-state index contributed by atoms with van der Waals surface area (Å²) in [5.74, 6) is 1.42. The van der Waals surface area contributed by atoms with E-state index in [0.29, 0.717) is 18.7 Å². The molecule has 0 radical (unpaired) electrons. The van der Waals surface area contributed by atoms with Crippen LogP contribution in [-0.2, 0) is 17.6 Å². The Balaban J connectivity index is 1.48. The number of ether oxygens (including phenoxy) is 1. The van der Waals surface area contributed by atoms with Gasteiger partial charge in [-0.2, -0.15) is 0 Å². The highest BCUT2D eigenvalue weighted by molar-refractivity contribution is 6.47. The van der Waals surface area contributed by atoms with E-state index in [4.69, 9.17) is 14.7 Å². The summed E-state index contributed by atoms with van der Waals surface area (Å²) in [6, 6.07) is 27.4. The summed E-state index contributed by atoms with van der Waals surface area (Å²) in [5.41, 5.74) is 4.73. The molecule has 1 amide bonds. The number of rotatable bonds is 6. The zero-order valence-electron chi connectivity index (χ0n) is 17.8. The van der Waals surface area contributed by atoms with Crippen LogP contribution < -0.4 is 4.74 Å². The third kappa shape index (κ3) is 3.97. The van der Waals surface area contributed by atoms with Crippen LogP contribution in [0, 0.1) is 0 Å². The lowest BCUT2D eigenvalue weighted by Crippen LogP contribution is -2.38. The van der Waals surface area contributed by atoms with Crippen molar-refractivity contribution in [3.05, 3.63) is 108 Å². The van der Waals surface area contributed by atoms with Crippen LogP contribution in [0.4, 0.5) is 0 Å². The zero-order valence-corrected chi connectivity index (χ0v) is 17.8. The van der Waals surface area contributed by atoms with Crippen molar-refractivity contribution in [2.45, 2.75) is 18.9 Å². The van der Waals surface area contributed by atoms with E-state index in [1.165, 1.54) is 0 Å². The zero-order chi connectivity index (χ0) is 21.9. The van der Waals surface area contributed by atoms with Crippen molar-refractivity contribution in [3.63, 3.8) is 0 Å². The molecular weight excluding hydrogens is 398 g/mol. The molecule has 0 saturated heterocycles. The molecule has 0 N–H and O–H groups in total. The molecular formula is C27H23N3O2. The molecule has 5 rings (SSSR count). The minimum Gasteiger partial charge on any atom is -0.497 e. The maximum Gasteiger partial charge on any atom is 0.257 e. The second-order valence-electron chi connectivity index (χ2n) is 7.83. The number of benzene rings is 3. The smallest absolute Gasteiger partial charge is 0.257 e. The Hall–Kier alpha value is -3.99. The number of carbonyl (C=O) groups is 1. The molecule has 0 aromatic heterocycles. The van der Waals surface area contributed by atoms with Gasteiger partial charge in [-0.1, -0.05) is 72.8 Å². The Morgan fingerprint density at radius 2 is 1.56 bits per heavy atom. The van der Waals surface area contributed by atoms with Crippen molar-refractivity contribution in [1.29, 1.82) is 0 Å². The van der Waals surface area contributed by atoms with Gasteiger partial charge < -0.3 is 4.74 Å². The fraction of sp³-hybridized carbons (Fsp3) is 0.148. The van der Waals surface area contributed by atoms with E-state index in [1.54, 1.807) is 12.0 Å². The normalized spacial score (nSPS) is 17.4. The summed E-state index contributed by atoms with van der Waals surface area (Å²) in [7, 11) is 1.64. The minimum absolute atomic E-state index is 0.0234. The summed E-state index contributed by atoms with van der Waals surface area (Å²) in [5, 5.41) is 0. The molecule has 2 aliphatic rings. The third-order valence-corrected chi connectivity index (χ3v) is 5.67. The molecule has 2 heterocycles. The van der Waals surface area contributed by atoms with Gasteiger partial charge in [-0.05, 0) is 23.3 Å². The summed E-state index contributed by atoms with van der Waals surface area (Å²) in [4.78, 5) is 24.8. The lowest BCUT2D eigenvalue weighted by molar-refractivity contribution is -0.125. The molecule has 158 valence electrons. The number of carbonyl (C=O) groups excluding carboxylic acids is 1. The lowest BCUT2D eigenvalue weighted by atomic mass is 10.0. The molecule has 32 heavy (non-hydrogen) atoms.